The summed E-state index contributed by atoms with van der Waals surface area (Å²) in [6.07, 6.45) is 3.86. The van der Waals surface area contributed by atoms with Crippen LogP contribution >= 0.6 is 24.0 Å². The second kappa shape index (κ2) is 11.6. The number of guanidine groups is 1. The third-order valence-electron chi connectivity index (χ3n) is 4.66. The van der Waals surface area contributed by atoms with E-state index in [-0.39, 0.29) is 24.0 Å². The molecule has 5 nitrogen and oxygen atoms in total. The minimum atomic E-state index is 0. The number of hydrogen-bond acceptors (Lipinski definition) is 2. The molecule has 0 radical (unpaired) electrons. The lowest BCUT2D eigenvalue weighted by Crippen LogP contribution is -2.37. The van der Waals surface area contributed by atoms with Crippen LogP contribution in [0.25, 0.3) is 0 Å². The van der Waals surface area contributed by atoms with Crippen molar-refractivity contribution in [3.05, 3.63) is 89.0 Å². The molecule has 3 aromatic rings. The molecule has 29 heavy (non-hydrogen) atoms. The van der Waals surface area contributed by atoms with Gasteiger partial charge in [0.2, 0.25) is 0 Å². The molecular weight excluding hydrogens is 473 g/mol. The zero-order chi connectivity index (χ0) is 19.8. The Balaban J connectivity index is 0.00000300. The van der Waals surface area contributed by atoms with Crippen molar-refractivity contribution in [2.45, 2.75) is 40.4 Å². The Morgan fingerprint density at radius 1 is 1.07 bits per heavy atom. The fourth-order valence-electron chi connectivity index (χ4n) is 3.12. The van der Waals surface area contributed by atoms with Gasteiger partial charge in [-0.1, -0.05) is 54.1 Å². The molecule has 1 heterocycles. The normalized spacial score (nSPS) is 11.1. The van der Waals surface area contributed by atoms with Crippen LogP contribution in [0.2, 0.25) is 0 Å². The molecule has 0 atom stereocenters. The predicted octanol–water partition coefficient (Wildman–Crippen LogP) is 4.42. The van der Waals surface area contributed by atoms with Crippen LogP contribution in [-0.2, 0) is 19.6 Å². The molecule has 3 rings (SSSR count). The quantitative estimate of drug-likeness (QED) is 0.285. The van der Waals surface area contributed by atoms with Crippen LogP contribution in [0.3, 0.4) is 0 Å². The Labute approximate surface area is 190 Å². The molecular formula is C23H30IN5. The van der Waals surface area contributed by atoms with E-state index in [2.05, 4.69) is 83.4 Å². The van der Waals surface area contributed by atoms with Gasteiger partial charge in [-0.3, -0.25) is 0 Å². The smallest absolute Gasteiger partial charge is 0.191 e. The maximum absolute atomic E-state index is 4.74. The first kappa shape index (κ1) is 22.9. The van der Waals surface area contributed by atoms with Gasteiger partial charge >= 0.3 is 0 Å². The van der Waals surface area contributed by atoms with Gasteiger partial charge in [-0.2, -0.15) is 0 Å². The lowest BCUT2D eigenvalue weighted by Gasteiger charge is -2.13. The number of nitrogens with one attached hydrogen (secondary N) is 2. The molecule has 0 fully saturated rings. The minimum absolute atomic E-state index is 0. The summed E-state index contributed by atoms with van der Waals surface area (Å²) < 4.78 is 2.16. The fraction of sp³-hybridized carbons (Fsp3) is 0.304. The maximum atomic E-state index is 4.74. The number of aromatic nitrogens is 2. The van der Waals surface area contributed by atoms with Crippen molar-refractivity contribution in [1.29, 1.82) is 0 Å². The molecule has 2 N–H and O–H groups in total. The molecule has 0 aliphatic carbocycles. The predicted molar refractivity (Wildman–Crippen MR) is 131 cm³/mol. The van der Waals surface area contributed by atoms with Crippen molar-refractivity contribution in [1.82, 2.24) is 20.2 Å². The highest BCUT2D eigenvalue weighted by Gasteiger charge is 2.06. The summed E-state index contributed by atoms with van der Waals surface area (Å²) >= 11 is 0. The highest BCUT2D eigenvalue weighted by atomic mass is 127. The zero-order valence-corrected chi connectivity index (χ0v) is 19.7. The molecule has 0 aliphatic heterocycles. The standard InChI is InChI=1S/C23H29N5.HI/c1-4-24-23(26-15-21-11-10-18(2)14-19(21)3)27-16-22-25-12-13-28(22)17-20-8-6-5-7-9-20;/h5-14H,4,15-17H2,1-3H3,(H2,24,26,27);1H. The van der Waals surface area contributed by atoms with Crippen LogP contribution in [0, 0.1) is 13.8 Å². The average molecular weight is 503 g/mol. The van der Waals surface area contributed by atoms with Crippen molar-refractivity contribution < 1.29 is 0 Å². The first-order valence-electron chi connectivity index (χ1n) is 9.78. The number of rotatable bonds is 7. The Morgan fingerprint density at radius 2 is 1.86 bits per heavy atom. The number of aliphatic imine (C=N–C) groups is 1. The first-order valence-corrected chi connectivity index (χ1v) is 9.78. The van der Waals surface area contributed by atoms with Gasteiger partial charge in [-0.15, -0.1) is 24.0 Å². The third kappa shape index (κ3) is 6.88. The average Bonchev–Trinajstić information content (AvgIpc) is 3.13. The number of halogens is 1. The Morgan fingerprint density at radius 3 is 2.59 bits per heavy atom. The molecule has 2 aromatic carbocycles. The lowest BCUT2D eigenvalue weighted by atomic mass is 10.1. The molecule has 0 amide bonds. The van der Waals surface area contributed by atoms with Crippen LogP contribution < -0.4 is 10.6 Å². The molecule has 0 spiro atoms. The summed E-state index contributed by atoms with van der Waals surface area (Å²) in [5, 5.41) is 6.72. The van der Waals surface area contributed by atoms with E-state index >= 15 is 0 Å². The van der Waals surface area contributed by atoms with Crippen molar-refractivity contribution in [2.75, 3.05) is 6.54 Å². The molecule has 0 saturated heterocycles. The van der Waals surface area contributed by atoms with Crippen LogP contribution in [-0.4, -0.2) is 22.1 Å². The van der Waals surface area contributed by atoms with E-state index in [1.54, 1.807) is 0 Å². The van der Waals surface area contributed by atoms with E-state index < -0.39 is 0 Å². The largest absolute Gasteiger partial charge is 0.357 e. The third-order valence-corrected chi connectivity index (χ3v) is 4.66. The van der Waals surface area contributed by atoms with Crippen molar-refractivity contribution >= 4 is 29.9 Å². The van der Waals surface area contributed by atoms with Crippen molar-refractivity contribution in [3.8, 4) is 0 Å². The second-order valence-electron chi connectivity index (χ2n) is 6.94. The second-order valence-corrected chi connectivity index (χ2v) is 6.94. The Kier molecular flexibility index (Phi) is 9.18. The first-order chi connectivity index (χ1) is 13.7. The molecule has 0 bridgehead atoms. The molecule has 154 valence electrons. The van der Waals surface area contributed by atoms with E-state index in [0.29, 0.717) is 13.1 Å². The van der Waals surface area contributed by atoms with Crippen molar-refractivity contribution in [2.24, 2.45) is 4.99 Å². The maximum Gasteiger partial charge on any atom is 0.191 e. The zero-order valence-electron chi connectivity index (χ0n) is 17.4. The summed E-state index contributed by atoms with van der Waals surface area (Å²) in [6.45, 7) is 9.23. The van der Waals surface area contributed by atoms with Gasteiger partial charge in [-0.25, -0.2) is 9.98 Å². The van der Waals surface area contributed by atoms with E-state index in [1.807, 2.05) is 18.5 Å². The van der Waals surface area contributed by atoms with Crippen LogP contribution in [0.4, 0.5) is 0 Å². The van der Waals surface area contributed by atoms with E-state index in [0.717, 1.165) is 24.9 Å². The number of aryl methyl sites for hydroxylation is 2. The van der Waals surface area contributed by atoms with Gasteiger partial charge in [0, 0.05) is 25.5 Å². The van der Waals surface area contributed by atoms with Crippen molar-refractivity contribution in [3.63, 3.8) is 0 Å². The molecule has 0 unspecified atom stereocenters. The molecule has 6 heteroatoms. The summed E-state index contributed by atoms with van der Waals surface area (Å²) in [5.74, 6) is 1.79. The van der Waals surface area contributed by atoms with Gasteiger partial charge in [-0.05, 0) is 37.5 Å². The summed E-state index contributed by atoms with van der Waals surface area (Å²) in [7, 11) is 0. The van der Waals surface area contributed by atoms with Gasteiger partial charge in [0.05, 0.1) is 13.1 Å². The Bertz CT molecular complexity index is 918. The summed E-state index contributed by atoms with van der Waals surface area (Å²) in [5.41, 5.74) is 5.06. The number of benzene rings is 2. The van der Waals surface area contributed by atoms with E-state index in [4.69, 9.17) is 4.99 Å². The Hall–Kier alpha value is -2.35. The monoisotopic (exact) mass is 503 g/mol. The highest BCUT2D eigenvalue weighted by Crippen LogP contribution is 2.11. The summed E-state index contributed by atoms with van der Waals surface area (Å²) in [6, 6.07) is 16.9. The fourth-order valence-corrected chi connectivity index (χ4v) is 3.12. The lowest BCUT2D eigenvalue weighted by molar-refractivity contribution is 0.688. The van der Waals surface area contributed by atoms with Gasteiger partial charge < -0.3 is 15.2 Å². The molecule has 0 aliphatic rings. The van der Waals surface area contributed by atoms with Crippen LogP contribution in [0.15, 0.2) is 65.9 Å². The van der Waals surface area contributed by atoms with E-state index in [9.17, 15) is 0 Å². The molecule has 0 saturated carbocycles. The number of nitrogens with zero attached hydrogens (tertiary/aromatic N) is 3. The SMILES string of the molecule is CCNC(=NCc1ccc(C)cc1C)NCc1nccn1Cc1ccccc1.I. The topological polar surface area (TPSA) is 54.2 Å². The minimum Gasteiger partial charge on any atom is -0.357 e. The number of imidazole rings is 1. The van der Waals surface area contributed by atoms with Crippen LogP contribution in [0.1, 0.15) is 35.0 Å². The van der Waals surface area contributed by atoms with Gasteiger partial charge in [0.1, 0.15) is 5.82 Å². The summed E-state index contributed by atoms with van der Waals surface area (Å²) in [4.78, 5) is 9.25. The van der Waals surface area contributed by atoms with Gasteiger partial charge in [0.15, 0.2) is 5.96 Å². The van der Waals surface area contributed by atoms with Gasteiger partial charge in [0.25, 0.3) is 0 Å². The number of hydrogen-bond donors (Lipinski definition) is 2. The van der Waals surface area contributed by atoms with Crippen LogP contribution in [0.5, 0.6) is 0 Å². The highest BCUT2D eigenvalue weighted by molar-refractivity contribution is 14.0. The molecule has 1 aromatic heterocycles. The van der Waals surface area contributed by atoms with E-state index in [1.165, 1.54) is 22.3 Å².